The highest BCUT2D eigenvalue weighted by Gasteiger charge is 2.25. The Morgan fingerprint density at radius 1 is 1.19 bits per heavy atom. The number of hydrogen-bond donors (Lipinski definition) is 2. The van der Waals surface area contributed by atoms with Crippen LogP contribution in [-0.4, -0.2) is 27.7 Å². The van der Waals surface area contributed by atoms with Gasteiger partial charge in [0.15, 0.2) is 0 Å². The minimum Gasteiger partial charge on any atom is -0.508 e. The third-order valence-corrected chi connectivity index (χ3v) is 4.64. The number of hydrogen-bond acceptors (Lipinski definition) is 5. The van der Waals surface area contributed by atoms with Gasteiger partial charge in [-0.3, -0.25) is 0 Å². The minimum absolute atomic E-state index is 0.0688. The van der Waals surface area contributed by atoms with Crippen LogP contribution in [-0.2, 0) is 9.53 Å². The second-order valence-electron chi connectivity index (χ2n) is 8.60. The van der Waals surface area contributed by atoms with Crippen LogP contribution in [0, 0.1) is 5.82 Å². The van der Waals surface area contributed by atoms with E-state index in [0.29, 0.717) is 16.9 Å². The average molecular weight is 423 g/mol. The molecule has 0 radical (unpaired) electrons. The summed E-state index contributed by atoms with van der Waals surface area (Å²) in [4.78, 5) is 17.2. The molecule has 0 saturated heterocycles. The van der Waals surface area contributed by atoms with Crippen LogP contribution in [0.3, 0.4) is 0 Å². The Bertz CT molecular complexity index is 1150. The van der Waals surface area contributed by atoms with Gasteiger partial charge < -0.3 is 15.2 Å². The van der Waals surface area contributed by atoms with Gasteiger partial charge >= 0.3 is 5.97 Å². The summed E-state index contributed by atoms with van der Waals surface area (Å²) in [5.74, 6) is -0.252. The third kappa shape index (κ3) is 5.02. The average Bonchev–Trinajstić information content (AvgIpc) is 2.65. The number of allylic oxidation sites excluding steroid dienone is 1. The fraction of sp³-hybridized carbons (Fsp3) is 0.280. The van der Waals surface area contributed by atoms with E-state index in [1.54, 1.807) is 58.0 Å². The summed E-state index contributed by atoms with van der Waals surface area (Å²) in [6, 6.07) is 10.4. The van der Waals surface area contributed by atoms with E-state index in [1.165, 1.54) is 12.1 Å². The number of halogens is 1. The molecule has 0 aliphatic carbocycles. The zero-order valence-electron chi connectivity index (χ0n) is 18.4. The van der Waals surface area contributed by atoms with Crippen LogP contribution in [0.15, 0.2) is 49.0 Å². The number of aromatic hydroxyl groups is 1. The Morgan fingerprint density at radius 3 is 2.42 bits per heavy atom. The first-order valence-corrected chi connectivity index (χ1v) is 10.0. The topological polar surface area (TPSA) is 71.5 Å². The molecule has 31 heavy (non-hydrogen) atoms. The second-order valence-corrected chi connectivity index (χ2v) is 8.60. The number of pyridine rings is 1. The first kappa shape index (κ1) is 22.3. The maximum Gasteiger partial charge on any atom is 0.328 e. The zero-order valence-corrected chi connectivity index (χ0v) is 18.4. The van der Waals surface area contributed by atoms with Crippen molar-refractivity contribution in [3.8, 4) is 16.9 Å². The van der Waals surface area contributed by atoms with Crippen LogP contribution in [0.2, 0.25) is 0 Å². The lowest BCUT2D eigenvalue weighted by molar-refractivity contribution is -0.155. The molecular formula is C25H27FN2O3. The number of esters is 1. The summed E-state index contributed by atoms with van der Waals surface area (Å²) in [7, 11) is 0. The number of phenolic OH excluding ortho intramolecular Hbond substituents is 1. The molecule has 0 spiro atoms. The van der Waals surface area contributed by atoms with Crippen molar-refractivity contribution >= 4 is 28.3 Å². The molecule has 6 heteroatoms. The first-order chi connectivity index (χ1) is 14.5. The molecule has 0 amide bonds. The summed E-state index contributed by atoms with van der Waals surface area (Å²) < 4.78 is 19.1. The van der Waals surface area contributed by atoms with Gasteiger partial charge in [-0.15, -0.1) is 0 Å². The highest BCUT2D eigenvalue weighted by atomic mass is 19.1. The quantitative estimate of drug-likeness (QED) is 0.499. The van der Waals surface area contributed by atoms with Crippen molar-refractivity contribution in [2.24, 2.45) is 0 Å². The number of nitrogens with one attached hydrogen (secondary N) is 1. The summed E-state index contributed by atoms with van der Waals surface area (Å²) >= 11 is 0. The number of nitrogens with zero attached hydrogens (tertiary/aromatic N) is 1. The molecule has 0 saturated carbocycles. The molecule has 162 valence electrons. The Hall–Kier alpha value is -3.41. The lowest BCUT2D eigenvalue weighted by atomic mass is 9.92. The maximum absolute atomic E-state index is 13.6. The smallest absolute Gasteiger partial charge is 0.328 e. The first-order valence-electron chi connectivity index (χ1n) is 10.0. The molecule has 1 atom stereocenters. The monoisotopic (exact) mass is 422 g/mol. The number of anilines is 1. The highest BCUT2D eigenvalue weighted by molar-refractivity contribution is 6.03. The maximum atomic E-state index is 13.6. The number of phenols is 1. The van der Waals surface area contributed by atoms with Gasteiger partial charge in [0.1, 0.15) is 29.0 Å². The zero-order chi connectivity index (χ0) is 22.9. The van der Waals surface area contributed by atoms with Gasteiger partial charge in [0, 0.05) is 22.6 Å². The van der Waals surface area contributed by atoms with Gasteiger partial charge in [-0.25, -0.2) is 14.2 Å². The lowest BCUT2D eigenvalue weighted by Crippen LogP contribution is -2.35. The predicted octanol–water partition coefficient (Wildman–Crippen LogP) is 5.92. The summed E-state index contributed by atoms with van der Waals surface area (Å²) in [5, 5.41) is 13.9. The third-order valence-electron chi connectivity index (χ3n) is 4.64. The predicted molar refractivity (Wildman–Crippen MR) is 122 cm³/mol. The number of fused-ring (bicyclic) bond motifs is 1. The molecule has 5 nitrogen and oxygen atoms in total. The summed E-state index contributed by atoms with van der Waals surface area (Å²) in [6.45, 7) is 13.1. The van der Waals surface area contributed by atoms with E-state index in [-0.39, 0.29) is 11.6 Å². The highest BCUT2D eigenvalue weighted by Crippen LogP contribution is 2.39. The van der Waals surface area contributed by atoms with Gasteiger partial charge in [-0.2, -0.15) is 0 Å². The Morgan fingerprint density at radius 2 is 1.84 bits per heavy atom. The van der Waals surface area contributed by atoms with Crippen LogP contribution < -0.4 is 5.32 Å². The number of rotatable bonds is 5. The summed E-state index contributed by atoms with van der Waals surface area (Å²) in [5.41, 5.74) is 2.90. The van der Waals surface area contributed by atoms with Gasteiger partial charge in [0.2, 0.25) is 0 Å². The standard InChI is InChI=1S/C25H27FN2O3/c1-14(2)21-22(16-7-9-17(26)10-8-16)19-12-11-18(29)13-20(19)28-23(21)27-15(3)24(30)31-25(4,5)6/h7-13,15,29H,1H2,2-6H3,(H,27,28)/t15-/m0/s1. The van der Waals surface area contributed by atoms with Crippen LogP contribution in [0.25, 0.3) is 27.6 Å². The molecule has 0 fully saturated rings. The molecule has 3 rings (SSSR count). The molecule has 3 aromatic rings. The van der Waals surface area contributed by atoms with Crippen LogP contribution in [0.1, 0.15) is 40.2 Å². The number of carbonyl (C=O) groups excluding carboxylic acids is 1. The lowest BCUT2D eigenvalue weighted by Gasteiger charge is -2.24. The van der Waals surface area contributed by atoms with Crippen molar-refractivity contribution < 1.29 is 19.0 Å². The van der Waals surface area contributed by atoms with E-state index >= 15 is 0 Å². The van der Waals surface area contributed by atoms with Crippen molar-refractivity contribution in [3.05, 3.63) is 60.4 Å². The Labute approximate surface area is 181 Å². The Kier molecular flexibility index (Phi) is 6.02. The molecule has 1 aromatic heterocycles. The fourth-order valence-electron chi connectivity index (χ4n) is 3.34. The molecule has 1 heterocycles. The number of ether oxygens (including phenoxy) is 1. The number of carbonyl (C=O) groups is 1. The van der Waals surface area contributed by atoms with Crippen molar-refractivity contribution in [2.45, 2.75) is 46.3 Å². The van der Waals surface area contributed by atoms with E-state index in [2.05, 4.69) is 16.9 Å². The van der Waals surface area contributed by atoms with Gasteiger partial charge in [-0.05, 0) is 70.0 Å². The van der Waals surface area contributed by atoms with Crippen LogP contribution in [0.5, 0.6) is 5.75 Å². The van der Waals surface area contributed by atoms with Crippen molar-refractivity contribution in [1.82, 2.24) is 4.98 Å². The van der Waals surface area contributed by atoms with Crippen LogP contribution >= 0.6 is 0 Å². The van der Waals surface area contributed by atoms with Crippen molar-refractivity contribution in [3.63, 3.8) is 0 Å². The van der Waals surface area contributed by atoms with E-state index < -0.39 is 17.6 Å². The van der Waals surface area contributed by atoms with Crippen LogP contribution in [0.4, 0.5) is 10.2 Å². The number of benzene rings is 2. The van der Waals surface area contributed by atoms with Gasteiger partial charge in [0.25, 0.3) is 0 Å². The number of aromatic nitrogens is 1. The van der Waals surface area contributed by atoms with E-state index in [0.717, 1.165) is 22.1 Å². The molecule has 2 N–H and O–H groups in total. The Balaban J connectivity index is 2.21. The summed E-state index contributed by atoms with van der Waals surface area (Å²) in [6.07, 6.45) is 0. The molecule has 0 aliphatic heterocycles. The largest absolute Gasteiger partial charge is 0.508 e. The molecular weight excluding hydrogens is 395 g/mol. The van der Waals surface area contributed by atoms with Gasteiger partial charge in [0.05, 0.1) is 5.52 Å². The minimum atomic E-state index is -0.680. The van der Waals surface area contributed by atoms with Crippen molar-refractivity contribution in [2.75, 3.05) is 5.32 Å². The normalized spacial score (nSPS) is 12.5. The molecule has 0 aliphatic rings. The molecule has 0 bridgehead atoms. The second kappa shape index (κ2) is 8.38. The van der Waals surface area contributed by atoms with Gasteiger partial charge in [-0.1, -0.05) is 18.7 Å². The molecule has 0 unspecified atom stereocenters. The van der Waals surface area contributed by atoms with E-state index in [1.807, 2.05) is 6.92 Å². The van der Waals surface area contributed by atoms with E-state index in [9.17, 15) is 14.3 Å². The van der Waals surface area contributed by atoms with E-state index in [4.69, 9.17) is 4.74 Å². The van der Waals surface area contributed by atoms with Crippen molar-refractivity contribution in [1.29, 1.82) is 0 Å². The SMILES string of the molecule is C=C(C)c1c(N[C@@H](C)C(=O)OC(C)(C)C)nc2cc(O)ccc2c1-c1ccc(F)cc1. The molecule has 2 aromatic carbocycles. The fourth-order valence-corrected chi connectivity index (χ4v) is 3.34.